The quantitative estimate of drug-likeness (QED) is 0.697. The minimum Gasteiger partial charge on any atom is -0.194 e. The molecule has 86 valence electrons. The zero-order chi connectivity index (χ0) is 11.9. The molecule has 0 aromatic carbocycles. The zero-order valence-electron chi connectivity index (χ0n) is 6.79. The van der Waals surface area contributed by atoms with Gasteiger partial charge in [0.05, 0.1) is 0 Å². The second kappa shape index (κ2) is 3.36. The predicted molar refractivity (Wildman–Crippen MR) is 39.2 cm³/mol. The Morgan fingerprint density at radius 3 is 1.80 bits per heavy atom. The van der Waals surface area contributed by atoms with E-state index < -0.39 is 23.6 Å². The van der Waals surface area contributed by atoms with Gasteiger partial charge < -0.3 is 0 Å². The van der Waals surface area contributed by atoms with Crippen LogP contribution in [0.5, 0.6) is 0 Å². The van der Waals surface area contributed by atoms with Crippen LogP contribution in [0.3, 0.4) is 0 Å². The van der Waals surface area contributed by atoms with Crippen LogP contribution >= 0.6 is 11.3 Å². The molecular weight excluding hydrogens is 249 g/mol. The van der Waals surface area contributed by atoms with Gasteiger partial charge in [0.2, 0.25) is 0 Å². The molecule has 0 aliphatic carbocycles. The maximum absolute atomic E-state index is 12.8. The summed E-state index contributed by atoms with van der Waals surface area (Å²) in [5.41, 5.74) is -1.34. The summed E-state index contributed by atoms with van der Waals surface area (Å²) in [6.07, 6.45) is -6.28. The van der Waals surface area contributed by atoms with Crippen molar-refractivity contribution >= 4 is 11.3 Å². The smallest absolute Gasteiger partial charge is 0.194 e. The number of thiophene rings is 1. The molecule has 0 saturated heterocycles. The zero-order valence-corrected chi connectivity index (χ0v) is 7.60. The van der Waals surface area contributed by atoms with E-state index in [1.165, 1.54) is 0 Å². The Morgan fingerprint density at radius 2 is 1.47 bits per heavy atom. The Labute approximate surface area is 83.3 Å². The average Bonchev–Trinajstić information content (AvgIpc) is 2.53. The minimum absolute atomic E-state index is 0.532. The molecule has 15 heavy (non-hydrogen) atoms. The fourth-order valence-electron chi connectivity index (χ4n) is 0.802. The molecule has 1 rings (SSSR count). The summed E-state index contributed by atoms with van der Waals surface area (Å²) in [5.74, 6) is -11.3. The van der Waals surface area contributed by atoms with Crippen LogP contribution in [0, 0.1) is 0 Å². The summed E-state index contributed by atoms with van der Waals surface area (Å²) >= 11 is 0.613. The van der Waals surface area contributed by atoms with Crippen LogP contribution in [0.25, 0.3) is 0 Å². The molecule has 0 aliphatic heterocycles. The van der Waals surface area contributed by atoms with E-state index >= 15 is 0 Å². The molecule has 0 saturated carbocycles. The molecule has 0 fully saturated rings. The largest absolute Gasteiger partial charge is 0.460 e. The molecule has 0 N–H and O–H groups in total. The maximum atomic E-state index is 12.8. The number of hydrogen-bond acceptors (Lipinski definition) is 1. The Hall–Kier alpha value is -0.790. The van der Waals surface area contributed by atoms with Crippen molar-refractivity contribution in [2.45, 2.75) is 18.0 Å². The molecule has 0 amide bonds. The number of hydrogen-bond donors (Lipinski definition) is 0. The van der Waals surface area contributed by atoms with Crippen molar-refractivity contribution in [2.75, 3.05) is 0 Å². The third kappa shape index (κ3) is 1.82. The normalized spacial score (nSPS) is 14.3. The van der Waals surface area contributed by atoms with Crippen molar-refractivity contribution in [3.8, 4) is 0 Å². The second-order valence-corrected chi connectivity index (χ2v) is 3.44. The van der Waals surface area contributed by atoms with E-state index in [1.54, 1.807) is 0 Å². The molecule has 0 unspecified atom stereocenters. The monoisotopic (exact) mass is 252 g/mol. The fraction of sp³-hybridized carbons (Fsp3) is 0.429. The molecule has 1 aromatic heterocycles. The van der Waals surface area contributed by atoms with Crippen molar-refractivity contribution in [2.24, 2.45) is 0 Å². The van der Waals surface area contributed by atoms with Gasteiger partial charge in [-0.05, 0) is 11.4 Å². The van der Waals surface area contributed by atoms with Crippen LogP contribution in [0.15, 0.2) is 16.8 Å². The van der Waals surface area contributed by atoms with Crippen LogP contribution < -0.4 is 0 Å². The van der Waals surface area contributed by atoms with Gasteiger partial charge in [0.15, 0.2) is 0 Å². The molecule has 0 nitrogen and oxygen atoms in total. The van der Waals surface area contributed by atoms with Crippen molar-refractivity contribution in [1.82, 2.24) is 0 Å². The Kier molecular flexibility index (Phi) is 2.75. The van der Waals surface area contributed by atoms with Crippen LogP contribution in [0.1, 0.15) is 5.56 Å². The van der Waals surface area contributed by atoms with Crippen LogP contribution in [0.4, 0.5) is 30.7 Å². The first-order valence-electron chi connectivity index (χ1n) is 3.45. The van der Waals surface area contributed by atoms with Crippen molar-refractivity contribution in [3.63, 3.8) is 0 Å². The van der Waals surface area contributed by atoms with Gasteiger partial charge >= 0.3 is 18.0 Å². The highest BCUT2D eigenvalue weighted by atomic mass is 32.1. The number of rotatable bonds is 2. The molecule has 0 bridgehead atoms. The standard InChI is InChI=1S/C7H3F7S/c8-5(9,4-1-2-15-3-4)6(10,11)7(12,13)14/h1-3H. The average molecular weight is 252 g/mol. The van der Waals surface area contributed by atoms with E-state index in [0.717, 1.165) is 5.38 Å². The summed E-state index contributed by atoms with van der Waals surface area (Å²) in [7, 11) is 0. The van der Waals surface area contributed by atoms with Gasteiger partial charge in [0, 0.05) is 10.9 Å². The van der Waals surface area contributed by atoms with Crippen LogP contribution in [0.2, 0.25) is 0 Å². The summed E-state index contributed by atoms with van der Waals surface area (Å²) in [4.78, 5) is 0. The highest BCUT2D eigenvalue weighted by molar-refractivity contribution is 7.08. The highest BCUT2D eigenvalue weighted by Crippen LogP contribution is 2.51. The van der Waals surface area contributed by atoms with E-state index in [2.05, 4.69) is 0 Å². The van der Waals surface area contributed by atoms with Gasteiger partial charge in [0.1, 0.15) is 0 Å². The molecule has 0 spiro atoms. The molecule has 1 heterocycles. The van der Waals surface area contributed by atoms with Crippen molar-refractivity contribution in [3.05, 3.63) is 22.4 Å². The maximum Gasteiger partial charge on any atom is 0.460 e. The lowest BCUT2D eigenvalue weighted by Crippen LogP contribution is -2.49. The molecule has 0 atom stereocenters. The fourth-order valence-corrected chi connectivity index (χ4v) is 1.48. The topological polar surface area (TPSA) is 0 Å². The number of halogens is 7. The van der Waals surface area contributed by atoms with Gasteiger partial charge in [0.25, 0.3) is 0 Å². The van der Waals surface area contributed by atoms with Crippen LogP contribution in [-0.4, -0.2) is 12.1 Å². The Balaban J connectivity index is 3.17. The predicted octanol–water partition coefficient (Wildman–Crippen LogP) is 4.04. The van der Waals surface area contributed by atoms with Gasteiger partial charge in [-0.15, -0.1) is 0 Å². The van der Waals surface area contributed by atoms with Gasteiger partial charge in [-0.3, -0.25) is 0 Å². The molecule has 0 aliphatic rings. The first-order chi connectivity index (χ1) is 6.61. The molecule has 1 aromatic rings. The van der Waals surface area contributed by atoms with E-state index in [1.807, 2.05) is 0 Å². The lowest BCUT2D eigenvalue weighted by molar-refractivity contribution is -0.359. The van der Waals surface area contributed by atoms with E-state index in [0.29, 0.717) is 22.8 Å². The van der Waals surface area contributed by atoms with Gasteiger partial charge in [-0.2, -0.15) is 42.1 Å². The summed E-state index contributed by atoms with van der Waals surface area (Å²) < 4.78 is 85.5. The summed E-state index contributed by atoms with van der Waals surface area (Å²) in [5, 5.41) is 1.55. The SMILES string of the molecule is FC(F)(F)C(F)(F)C(F)(F)c1ccsc1. The Bertz CT molecular complexity index is 324. The van der Waals surface area contributed by atoms with E-state index in [9.17, 15) is 30.7 Å². The van der Waals surface area contributed by atoms with Crippen molar-refractivity contribution < 1.29 is 30.7 Å². The third-order valence-corrected chi connectivity index (χ3v) is 2.32. The van der Waals surface area contributed by atoms with E-state index in [-0.39, 0.29) is 0 Å². The highest BCUT2D eigenvalue weighted by Gasteiger charge is 2.73. The first kappa shape index (κ1) is 12.3. The van der Waals surface area contributed by atoms with E-state index in [4.69, 9.17) is 0 Å². The van der Waals surface area contributed by atoms with Crippen LogP contribution in [-0.2, 0) is 5.92 Å². The second-order valence-electron chi connectivity index (χ2n) is 2.66. The summed E-state index contributed by atoms with van der Waals surface area (Å²) in [6, 6.07) is 0.532. The van der Waals surface area contributed by atoms with Crippen molar-refractivity contribution in [1.29, 1.82) is 0 Å². The molecule has 8 heteroatoms. The number of alkyl halides is 7. The van der Waals surface area contributed by atoms with Gasteiger partial charge in [-0.1, -0.05) is 0 Å². The third-order valence-electron chi connectivity index (χ3n) is 1.63. The summed E-state index contributed by atoms with van der Waals surface area (Å²) in [6.45, 7) is 0. The molecule has 0 radical (unpaired) electrons. The van der Waals surface area contributed by atoms with Gasteiger partial charge in [-0.25, -0.2) is 0 Å². The minimum atomic E-state index is -6.28. The Morgan fingerprint density at radius 1 is 0.933 bits per heavy atom. The lowest BCUT2D eigenvalue weighted by atomic mass is 10.1. The first-order valence-corrected chi connectivity index (χ1v) is 4.40. The lowest BCUT2D eigenvalue weighted by Gasteiger charge is -2.27. The molecular formula is C7H3F7S.